The standard InChI is InChI=1S/C21H24BrF3N2O6/c1-4-16(32-3)15(28)9-27-18(22)17(21(23,24)25)19(26-27)33-10-12-7-5-6-8-13(12)14(11-31-2)20(29)30/h5-8,11,15-16,28H,4,9-10H2,1-3H3,(H,29,30)/p-1/b14-11+. The van der Waals surface area contributed by atoms with E-state index >= 15 is 0 Å². The van der Waals surface area contributed by atoms with Crippen LogP contribution < -0.4 is 9.84 Å². The molecule has 2 aromatic rings. The van der Waals surface area contributed by atoms with Crippen LogP contribution in [0.25, 0.3) is 5.57 Å². The predicted octanol–water partition coefficient (Wildman–Crippen LogP) is 2.77. The van der Waals surface area contributed by atoms with Gasteiger partial charge in [0.25, 0.3) is 0 Å². The molecule has 33 heavy (non-hydrogen) atoms. The molecule has 182 valence electrons. The number of rotatable bonds is 11. The molecule has 8 nitrogen and oxygen atoms in total. The first-order valence-electron chi connectivity index (χ1n) is 9.74. The molecule has 0 aliphatic rings. The zero-order valence-corrected chi connectivity index (χ0v) is 19.6. The average molecular weight is 536 g/mol. The Morgan fingerprint density at radius 2 is 2.00 bits per heavy atom. The molecule has 0 aliphatic heterocycles. The number of nitrogens with zero attached hydrogens (tertiary/aromatic N) is 2. The monoisotopic (exact) mass is 535 g/mol. The normalized spacial score (nSPS) is 14.1. The van der Waals surface area contributed by atoms with E-state index in [1.807, 2.05) is 0 Å². The lowest BCUT2D eigenvalue weighted by Crippen LogP contribution is -2.32. The molecule has 1 heterocycles. The van der Waals surface area contributed by atoms with Crippen LogP contribution in [0, 0.1) is 0 Å². The van der Waals surface area contributed by atoms with Gasteiger partial charge < -0.3 is 29.2 Å². The summed E-state index contributed by atoms with van der Waals surface area (Å²) in [6.07, 6.45) is -5.12. The van der Waals surface area contributed by atoms with E-state index < -0.39 is 47.0 Å². The third-order valence-electron chi connectivity index (χ3n) is 4.76. The van der Waals surface area contributed by atoms with Gasteiger partial charge in [-0.25, -0.2) is 0 Å². The number of aromatic nitrogens is 2. The number of benzene rings is 1. The smallest absolute Gasteiger partial charge is 0.424 e. The van der Waals surface area contributed by atoms with Gasteiger partial charge in [-0.3, -0.25) is 4.68 Å². The molecule has 1 N–H and O–H groups in total. The van der Waals surface area contributed by atoms with E-state index in [-0.39, 0.29) is 23.2 Å². The van der Waals surface area contributed by atoms with E-state index in [2.05, 4.69) is 21.0 Å². The third-order valence-corrected chi connectivity index (χ3v) is 5.57. The highest BCUT2D eigenvalue weighted by Crippen LogP contribution is 2.41. The third kappa shape index (κ3) is 6.49. The topological polar surface area (TPSA) is 106 Å². The Kier molecular flexibility index (Phi) is 9.32. The van der Waals surface area contributed by atoms with Crippen LogP contribution in [0.15, 0.2) is 35.1 Å². The van der Waals surface area contributed by atoms with E-state index in [0.29, 0.717) is 6.42 Å². The second-order valence-electron chi connectivity index (χ2n) is 6.90. The molecule has 0 spiro atoms. The number of hydrogen-bond donors (Lipinski definition) is 1. The second-order valence-corrected chi connectivity index (χ2v) is 7.65. The maximum Gasteiger partial charge on any atom is 0.424 e. The van der Waals surface area contributed by atoms with Crippen LogP contribution in [0.2, 0.25) is 0 Å². The molecule has 0 saturated carbocycles. The number of aliphatic hydroxyl groups excluding tert-OH is 1. The van der Waals surface area contributed by atoms with Crippen LogP contribution in [-0.4, -0.2) is 47.3 Å². The summed E-state index contributed by atoms with van der Waals surface area (Å²) >= 11 is 2.90. The van der Waals surface area contributed by atoms with Gasteiger partial charge in [0.1, 0.15) is 11.2 Å². The molecule has 2 rings (SSSR count). The lowest BCUT2D eigenvalue weighted by molar-refractivity contribution is -0.295. The number of aliphatic hydroxyl groups is 1. The Labute approximate surface area is 196 Å². The van der Waals surface area contributed by atoms with Crippen molar-refractivity contribution >= 4 is 27.5 Å². The second kappa shape index (κ2) is 11.5. The van der Waals surface area contributed by atoms with Gasteiger partial charge >= 0.3 is 6.18 Å². The maximum absolute atomic E-state index is 13.7. The fourth-order valence-corrected chi connectivity index (χ4v) is 3.78. The number of alkyl halides is 3. The minimum Gasteiger partial charge on any atom is -0.545 e. The Bertz CT molecular complexity index is 989. The number of halogens is 4. The number of aliphatic carboxylic acids is 1. The highest BCUT2D eigenvalue weighted by atomic mass is 79.9. The van der Waals surface area contributed by atoms with Crippen molar-refractivity contribution in [2.75, 3.05) is 14.2 Å². The summed E-state index contributed by atoms with van der Waals surface area (Å²) in [5.41, 5.74) is -1.03. The molecule has 0 fully saturated rings. The molecule has 1 aromatic carbocycles. The van der Waals surface area contributed by atoms with Gasteiger partial charge in [-0.05, 0) is 33.5 Å². The molecule has 2 unspecified atom stereocenters. The van der Waals surface area contributed by atoms with Crippen molar-refractivity contribution in [3.63, 3.8) is 0 Å². The fourth-order valence-electron chi connectivity index (χ4n) is 3.17. The first kappa shape index (κ1) is 26.7. The van der Waals surface area contributed by atoms with E-state index in [9.17, 15) is 28.2 Å². The summed E-state index contributed by atoms with van der Waals surface area (Å²) < 4.78 is 57.0. The van der Waals surface area contributed by atoms with Crippen LogP contribution >= 0.6 is 15.9 Å². The zero-order chi connectivity index (χ0) is 24.8. The Morgan fingerprint density at radius 3 is 2.55 bits per heavy atom. The largest absolute Gasteiger partial charge is 0.545 e. The fraction of sp³-hybridized carbons (Fsp3) is 0.429. The van der Waals surface area contributed by atoms with Crippen LogP contribution in [0.3, 0.4) is 0 Å². The van der Waals surface area contributed by atoms with Gasteiger partial charge in [0.15, 0.2) is 5.56 Å². The van der Waals surface area contributed by atoms with Crippen molar-refractivity contribution in [1.29, 1.82) is 0 Å². The van der Waals surface area contributed by atoms with E-state index in [0.717, 1.165) is 10.9 Å². The number of hydrogen-bond acceptors (Lipinski definition) is 7. The van der Waals surface area contributed by atoms with Crippen LogP contribution in [0.1, 0.15) is 30.0 Å². The lowest BCUT2D eigenvalue weighted by Gasteiger charge is -2.20. The molecule has 1 aromatic heterocycles. The Balaban J connectivity index is 2.39. The molecule has 2 atom stereocenters. The molecule has 0 amide bonds. The van der Waals surface area contributed by atoms with Crippen LogP contribution in [0.5, 0.6) is 5.88 Å². The first-order valence-corrected chi connectivity index (χ1v) is 10.5. The molecule has 0 bridgehead atoms. The highest BCUT2D eigenvalue weighted by Gasteiger charge is 2.41. The Hall–Kier alpha value is -2.57. The molecule has 0 aliphatic carbocycles. The minimum absolute atomic E-state index is 0.160. The van der Waals surface area contributed by atoms with Crippen molar-refractivity contribution in [2.45, 2.75) is 44.9 Å². The number of carbonyl (C=O) groups excluding carboxylic acids is 1. The summed E-state index contributed by atoms with van der Waals surface area (Å²) in [6.45, 7) is 1.07. The molecular weight excluding hydrogens is 513 g/mol. The molecular formula is C21H23BrF3N2O6-. The van der Waals surface area contributed by atoms with E-state index in [4.69, 9.17) is 14.2 Å². The van der Waals surface area contributed by atoms with Crippen molar-refractivity contribution < 1.29 is 42.4 Å². The first-order chi connectivity index (χ1) is 15.5. The number of carbonyl (C=O) groups is 1. The van der Waals surface area contributed by atoms with Crippen molar-refractivity contribution in [3.8, 4) is 5.88 Å². The number of carboxylic acid groups (broad SMARTS) is 1. The molecule has 12 heteroatoms. The van der Waals surface area contributed by atoms with Gasteiger partial charge in [0.2, 0.25) is 5.88 Å². The summed E-state index contributed by atoms with van der Waals surface area (Å²) in [6, 6.07) is 6.08. The van der Waals surface area contributed by atoms with Crippen molar-refractivity contribution in [1.82, 2.24) is 9.78 Å². The summed E-state index contributed by atoms with van der Waals surface area (Å²) in [7, 11) is 2.64. The van der Waals surface area contributed by atoms with Crippen molar-refractivity contribution in [2.24, 2.45) is 0 Å². The Morgan fingerprint density at radius 1 is 1.33 bits per heavy atom. The van der Waals surface area contributed by atoms with Gasteiger partial charge in [0.05, 0.1) is 38.1 Å². The predicted molar refractivity (Wildman–Crippen MR) is 113 cm³/mol. The number of methoxy groups -OCH3 is 2. The van der Waals surface area contributed by atoms with Crippen LogP contribution in [-0.2, 0) is 33.6 Å². The van der Waals surface area contributed by atoms with Crippen molar-refractivity contribution in [3.05, 3.63) is 51.8 Å². The van der Waals surface area contributed by atoms with E-state index in [1.165, 1.54) is 26.4 Å². The van der Waals surface area contributed by atoms with Crippen LogP contribution in [0.4, 0.5) is 13.2 Å². The van der Waals surface area contributed by atoms with Gasteiger partial charge in [-0.2, -0.15) is 13.2 Å². The molecule has 0 radical (unpaired) electrons. The van der Waals surface area contributed by atoms with E-state index in [1.54, 1.807) is 19.1 Å². The summed E-state index contributed by atoms with van der Waals surface area (Å²) in [4.78, 5) is 11.5. The lowest BCUT2D eigenvalue weighted by atomic mass is 10.0. The molecule has 0 saturated heterocycles. The van der Waals surface area contributed by atoms with Gasteiger partial charge in [0, 0.05) is 12.7 Å². The zero-order valence-electron chi connectivity index (χ0n) is 18.1. The van der Waals surface area contributed by atoms with Gasteiger partial charge in [-0.1, -0.05) is 31.2 Å². The quantitative estimate of drug-likeness (QED) is 0.348. The van der Waals surface area contributed by atoms with Gasteiger partial charge in [-0.15, -0.1) is 5.10 Å². The number of carboxylic acids is 1. The maximum atomic E-state index is 13.7. The minimum atomic E-state index is -4.81. The average Bonchev–Trinajstić information content (AvgIpc) is 3.06. The number of ether oxygens (including phenoxy) is 3. The highest BCUT2D eigenvalue weighted by molar-refractivity contribution is 9.10. The summed E-state index contributed by atoms with van der Waals surface area (Å²) in [5.74, 6) is -2.25. The summed E-state index contributed by atoms with van der Waals surface area (Å²) in [5, 5.41) is 25.6. The SMILES string of the molecule is CCC(OC)C(O)Cn1nc(OCc2ccccc2/C(=C\OC)C(=O)[O-])c(C(F)(F)F)c1Br.